The normalized spacial score (nSPS) is 19.7. The van der Waals surface area contributed by atoms with Crippen molar-refractivity contribution >= 4 is 42.5 Å². The van der Waals surface area contributed by atoms with E-state index >= 15 is 0 Å². The maximum Gasteiger partial charge on any atom is 0.393 e. The summed E-state index contributed by atoms with van der Waals surface area (Å²) in [5.74, 6) is 5.87. The molecule has 0 radical (unpaired) electrons. The monoisotopic (exact) mass is 583 g/mol. The predicted octanol–water partition coefficient (Wildman–Crippen LogP) is 5.36. The molecule has 1 aromatic carbocycles. The van der Waals surface area contributed by atoms with Crippen LogP contribution in [-0.4, -0.2) is 72.5 Å². The first-order chi connectivity index (χ1) is 18.4. The van der Waals surface area contributed by atoms with Gasteiger partial charge < -0.3 is 20.3 Å². The molecular weight excluding hydrogens is 554 g/mol. The fourth-order valence-corrected chi connectivity index (χ4v) is 6.13. The summed E-state index contributed by atoms with van der Waals surface area (Å²) in [7, 11) is 0.208. The number of alkyl halides is 4. The zero-order valence-electron chi connectivity index (χ0n) is 21.6. The van der Waals surface area contributed by atoms with Gasteiger partial charge in [-0.3, -0.25) is 0 Å². The Hall–Kier alpha value is -3.08. The van der Waals surface area contributed by atoms with E-state index < -0.39 is 34.5 Å². The summed E-state index contributed by atoms with van der Waals surface area (Å²) in [6.07, 6.45) is -4.81. The third kappa shape index (κ3) is 7.12. The molecule has 1 saturated heterocycles. The molecule has 3 N–H and O–H groups in total. The van der Waals surface area contributed by atoms with E-state index in [4.69, 9.17) is 9.52 Å². The Bertz CT molecular complexity index is 1510. The topological polar surface area (TPSA) is 90.3 Å². The second-order valence-electron chi connectivity index (χ2n) is 9.41. The molecule has 0 aliphatic carbocycles. The maximum atomic E-state index is 14.7. The van der Waals surface area contributed by atoms with Crippen LogP contribution in [0.5, 0.6) is 5.88 Å². The molecule has 0 unspecified atom stereocenters. The molecule has 1 aliphatic rings. The number of benzene rings is 1. The quantitative estimate of drug-likeness (QED) is 0.256. The van der Waals surface area contributed by atoms with E-state index in [2.05, 4.69) is 27.5 Å². The van der Waals surface area contributed by atoms with Crippen LogP contribution in [0.25, 0.3) is 10.1 Å². The number of nitrogens with zero attached hydrogens (tertiary/aromatic N) is 2. The summed E-state index contributed by atoms with van der Waals surface area (Å²) in [5.41, 5.74) is 1.13. The summed E-state index contributed by atoms with van der Waals surface area (Å²) in [6, 6.07) is 7.65. The summed E-state index contributed by atoms with van der Waals surface area (Å²) in [4.78, 5) is 6.30. The van der Waals surface area contributed by atoms with Gasteiger partial charge in [0.15, 0.2) is 0 Å². The summed E-state index contributed by atoms with van der Waals surface area (Å²) >= 11 is 1.15. The lowest BCUT2D eigenvalue weighted by molar-refractivity contribution is -0.126. The van der Waals surface area contributed by atoms with E-state index in [9.17, 15) is 21.8 Å². The molecule has 0 amide bonds. The Balaban J connectivity index is 1.61. The average molecular weight is 584 g/mol. The van der Waals surface area contributed by atoms with Crippen LogP contribution in [0, 0.1) is 16.6 Å². The fourth-order valence-electron chi connectivity index (χ4n) is 4.37. The van der Waals surface area contributed by atoms with Gasteiger partial charge in [-0.05, 0) is 42.6 Å². The van der Waals surface area contributed by atoms with E-state index in [1.807, 2.05) is 11.9 Å². The molecule has 7 nitrogen and oxygen atoms in total. The Kier molecular flexibility index (Phi) is 8.58. The van der Waals surface area contributed by atoms with Crippen molar-refractivity contribution in [2.75, 3.05) is 50.7 Å². The largest absolute Gasteiger partial charge is 0.479 e. The van der Waals surface area contributed by atoms with Crippen LogP contribution < -0.4 is 15.4 Å². The highest BCUT2D eigenvalue weighted by atomic mass is 32.2. The van der Waals surface area contributed by atoms with Crippen LogP contribution in [0.2, 0.25) is 0 Å². The number of nitrogens with one attached hydrogen (secondary N) is 3. The standard InChI is InChI=1S/C26H29F4N5O2S2/c1-35-13-11-19(18(27)15-35)33-20-7-4-6-16-17(14-26(28,29)30)22(38-24(16)20)8-5-12-32-21-9-10-23(39(3,31)36)34-25(21)37-2/h4,6-7,9-10,18-19,31-33H,11-15H2,1-3H3/t18-,19+,39-/m0/s1. The molecule has 210 valence electrons. The number of hydrogen-bond acceptors (Lipinski definition) is 8. The van der Waals surface area contributed by atoms with Crippen molar-refractivity contribution in [1.82, 2.24) is 9.88 Å². The SMILES string of the molecule is COc1nc([S@@](C)(=N)=O)ccc1NCC#Cc1sc2c(N[C@@H]3CCN(C)C[C@@H]3F)cccc2c1CC(F)(F)F. The minimum atomic E-state index is -4.43. The number of hydrogen-bond donors (Lipinski definition) is 3. The lowest BCUT2D eigenvalue weighted by Crippen LogP contribution is -2.46. The number of ether oxygens (including phenoxy) is 1. The van der Waals surface area contributed by atoms with E-state index in [1.54, 1.807) is 24.3 Å². The van der Waals surface area contributed by atoms with Crippen LogP contribution in [0.1, 0.15) is 16.9 Å². The number of aromatic nitrogens is 1. The average Bonchev–Trinajstić information content (AvgIpc) is 3.19. The van der Waals surface area contributed by atoms with Gasteiger partial charge in [-0.25, -0.2) is 18.4 Å². The van der Waals surface area contributed by atoms with Gasteiger partial charge in [0.25, 0.3) is 0 Å². The van der Waals surface area contributed by atoms with Gasteiger partial charge >= 0.3 is 6.18 Å². The lowest BCUT2D eigenvalue weighted by Gasteiger charge is -2.33. The molecule has 4 rings (SSSR count). The number of pyridine rings is 1. The van der Waals surface area contributed by atoms with Crippen molar-refractivity contribution in [3.63, 3.8) is 0 Å². The van der Waals surface area contributed by atoms with E-state index in [0.717, 1.165) is 17.9 Å². The first-order valence-corrected chi connectivity index (χ1v) is 14.9. The molecule has 0 spiro atoms. The van der Waals surface area contributed by atoms with Gasteiger partial charge in [0.05, 0.1) is 56.8 Å². The van der Waals surface area contributed by atoms with Crippen LogP contribution >= 0.6 is 11.3 Å². The Morgan fingerprint density at radius 2 is 2.05 bits per heavy atom. The van der Waals surface area contributed by atoms with Crippen molar-refractivity contribution in [1.29, 1.82) is 4.78 Å². The molecule has 13 heteroatoms. The third-order valence-corrected chi connectivity index (χ3v) is 8.50. The lowest BCUT2D eigenvalue weighted by atomic mass is 10.0. The van der Waals surface area contributed by atoms with E-state index in [1.165, 1.54) is 19.4 Å². The third-order valence-electron chi connectivity index (χ3n) is 6.28. The Morgan fingerprint density at radius 3 is 2.72 bits per heavy atom. The summed E-state index contributed by atoms with van der Waals surface area (Å²) in [6.45, 7) is 1.10. The van der Waals surface area contributed by atoms with Gasteiger partial charge in [0.1, 0.15) is 11.2 Å². The van der Waals surface area contributed by atoms with Crippen molar-refractivity contribution in [2.24, 2.45) is 0 Å². The van der Waals surface area contributed by atoms with E-state index in [0.29, 0.717) is 39.3 Å². The molecule has 3 aromatic rings. The maximum absolute atomic E-state index is 14.7. The fraction of sp³-hybridized carbons (Fsp3) is 0.423. The van der Waals surface area contributed by atoms with E-state index in [-0.39, 0.29) is 23.0 Å². The van der Waals surface area contributed by atoms with Crippen molar-refractivity contribution in [3.05, 3.63) is 40.8 Å². The minimum Gasteiger partial charge on any atom is -0.479 e. The minimum absolute atomic E-state index is 0.0711. The number of halogens is 4. The number of fused-ring (bicyclic) bond motifs is 1. The van der Waals surface area contributed by atoms with Crippen LogP contribution in [0.3, 0.4) is 0 Å². The zero-order chi connectivity index (χ0) is 28.4. The predicted molar refractivity (Wildman–Crippen MR) is 147 cm³/mol. The van der Waals surface area contributed by atoms with Crippen molar-refractivity contribution in [3.8, 4) is 17.7 Å². The Labute approximate surface area is 228 Å². The highest BCUT2D eigenvalue weighted by molar-refractivity contribution is 7.91. The molecule has 39 heavy (non-hydrogen) atoms. The molecule has 1 fully saturated rings. The number of piperidine rings is 1. The molecule has 2 aromatic heterocycles. The van der Waals surface area contributed by atoms with Gasteiger partial charge in [-0.2, -0.15) is 13.2 Å². The smallest absolute Gasteiger partial charge is 0.393 e. The number of rotatable bonds is 7. The van der Waals surface area contributed by atoms with Crippen LogP contribution in [0.4, 0.5) is 28.9 Å². The van der Waals surface area contributed by atoms with Gasteiger partial charge in [-0.15, -0.1) is 11.3 Å². The molecular formula is C26H29F4N5O2S2. The molecule has 3 atom stereocenters. The highest BCUT2D eigenvalue weighted by Gasteiger charge is 2.32. The second-order valence-corrected chi connectivity index (χ2v) is 12.5. The number of methoxy groups -OCH3 is 1. The van der Waals surface area contributed by atoms with Crippen LogP contribution in [0.15, 0.2) is 35.4 Å². The second kappa shape index (κ2) is 11.6. The van der Waals surface area contributed by atoms with Gasteiger partial charge in [0.2, 0.25) is 5.88 Å². The zero-order valence-corrected chi connectivity index (χ0v) is 23.2. The van der Waals surface area contributed by atoms with Gasteiger partial charge in [-0.1, -0.05) is 24.0 Å². The van der Waals surface area contributed by atoms with Gasteiger partial charge in [0, 0.05) is 19.3 Å². The number of thiophene rings is 1. The number of anilines is 2. The molecule has 1 aliphatic heterocycles. The molecule has 3 heterocycles. The van der Waals surface area contributed by atoms with Crippen LogP contribution in [-0.2, 0) is 16.1 Å². The summed E-state index contributed by atoms with van der Waals surface area (Å²) in [5, 5.41) is 6.74. The highest BCUT2D eigenvalue weighted by Crippen LogP contribution is 2.39. The first kappa shape index (κ1) is 28.9. The van der Waals surface area contributed by atoms with Crippen molar-refractivity contribution < 1.29 is 26.5 Å². The first-order valence-electron chi connectivity index (χ1n) is 12.1. The van der Waals surface area contributed by atoms with Crippen molar-refractivity contribution in [2.45, 2.75) is 36.3 Å². The summed E-state index contributed by atoms with van der Waals surface area (Å²) < 4.78 is 80.7. The Morgan fingerprint density at radius 1 is 1.28 bits per heavy atom. The molecule has 0 bridgehead atoms. The molecule has 0 saturated carbocycles. The number of likely N-dealkylation sites (tertiary alicyclic amines) is 1.